The number of amides is 1. The Labute approximate surface area is 164 Å². The van der Waals surface area contributed by atoms with E-state index >= 15 is 0 Å². The third-order valence-electron chi connectivity index (χ3n) is 3.85. The molecule has 0 heterocycles. The number of hydrogen-bond acceptors (Lipinski definition) is 4. The van der Waals surface area contributed by atoms with Crippen LogP contribution >= 0.6 is 24.8 Å². The Kier molecular flexibility index (Phi) is 21.3. The molecule has 152 valence electrons. The van der Waals surface area contributed by atoms with Crippen molar-refractivity contribution in [3.63, 3.8) is 0 Å². The van der Waals surface area contributed by atoms with Crippen molar-refractivity contribution in [1.29, 1.82) is 0 Å². The number of unbranched alkanes of at least 4 members (excludes halogenated alkanes) is 4. The molecule has 2 atom stereocenters. The quantitative estimate of drug-likeness (QED) is 0.387. The first-order chi connectivity index (χ1) is 10.8. The number of rotatable bonds is 14. The van der Waals surface area contributed by atoms with Gasteiger partial charge in [-0.25, -0.2) is 0 Å². The van der Waals surface area contributed by atoms with Crippen molar-refractivity contribution in [2.75, 3.05) is 13.1 Å². The summed E-state index contributed by atoms with van der Waals surface area (Å²) in [6.07, 6.45) is 7.29. The van der Waals surface area contributed by atoms with Gasteiger partial charge in [-0.1, -0.05) is 25.7 Å². The van der Waals surface area contributed by atoms with E-state index in [1.165, 1.54) is 6.42 Å². The van der Waals surface area contributed by atoms with E-state index in [4.69, 9.17) is 16.6 Å². The van der Waals surface area contributed by atoms with Crippen LogP contribution in [-0.4, -0.2) is 47.1 Å². The van der Waals surface area contributed by atoms with Gasteiger partial charge in [-0.2, -0.15) is 0 Å². The predicted octanol–water partition coefficient (Wildman–Crippen LogP) is 2.95. The zero-order chi connectivity index (χ0) is 17.7. The standard InChI is InChI=1S/C17H35N3O3.2ClH/c1-14(18)8-6-4-3-5-7-12-20(13-11-15(2)19)16(21)9-10-17(22)23;;/h14-15H,3-13,18-19H2,1-2H3,(H,22,23);2*1H. The number of nitrogens with zero attached hydrogens (tertiary/aromatic N) is 1. The van der Waals surface area contributed by atoms with E-state index in [9.17, 15) is 9.59 Å². The average Bonchev–Trinajstić information content (AvgIpc) is 2.46. The number of carboxylic acid groups (broad SMARTS) is 1. The summed E-state index contributed by atoms with van der Waals surface area (Å²) in [5, 5.41) is 8.70. The number of halogens is 2. The van der Waals surface area contributed by atoms with E-state index in [1.54, 1.807) is 4.90 Å². The van der Waals surface area contributed by atoms with Crippen molar-refractivity contribution in [1.82, 2.24) is 4.90 Å². The largest absolute Gasteiger partial charge is 0.481 e. The molecule has 0 spiro atoms. The van der Waals surface area contributed by atoms with Crippen LogP contribution in [0.4, 0.5) is 0 Å². The number of aliphatic carboxylic acids is 1. The van der Waals surface area contributed by atoms with Gasteiger partial charge in [-0.05, 0) is 33.1 Å². The van der Waals surface area contributed by atoms with Crippen LogP contribution < -0.4 is 11.5 Å². The van der Waals surface area contributed by atoms with Crippen LogP contribution in [0, 0.1) is 0 Å². The summed E-state index contributed by atoms with van der Waals surface area (Å²) in [6, 6.07) is 0.318. The Bertz CT molecular complexity index is 343. The van der Waals surface area contributed by atoms with Crippen LogP contribution in [0.2, 0.25) is 0 Å². The molecule has 0 saturated heterocycles. The fraction of sp³-hybridized carbons (Fsp3) is 0.882. The van der Waals surface area contributed by atoms with Crippen LogP contribution in [0.15, 0.2) is 0 Å². The van der Waals surface area contributed by atoms with Gasteiger partial charge >= 0.3 is 5.97 Å². The summed E-state index contributed by atoms with van der Waals surface area (Å²) < 4.78 is 0. The van der Waals surface area contributed by atoms with Crippen molar-refractivity contribution in [3.05, 3.63) is 0 Å². The molecule has 0 aliphatic rings. The molecule has 1 amide bonds. The molecule has 0 bridgehead atoms. The molecule has 5 N–H and O–H groups in total. The minimum absolute atomic E-state index is 0. The molecule has 0 aliphatic carbocycles. The van der Waals surface area contributed by atoms with Gasteiger partial charge in [-0.3, -0.25) is 9.59 Å². The Morgan fingerprint density at radius 3 is 1.88 bits per heavy atom. The van der Waals surface area contributed by atoms with Crippen molar-refractivity contribution >= 4 is 36.7 Å². The van der Waals surface area contributed by atoms with Gasteiger partial charge in [0.05, 0.1) is 6.42 Å². The fourth-order valence-electron chi connectivity index (χ4n) is 2.39. The van der Waals surface area contributed by atoms with Crippen molar-refractivity contribution in [2.45, 2.75) is 83.7 Å². The fourth-order valence-corrected chi connectivity index (χ4v) is 2.39. The highest BCUT2D eigenvalue weighted by atomic mass is 35.5. The average molecular weight is 402 g/mol. The van der Waals surface area contributed by atoms with E-state index in [1.807, 2.05) is 13.8 Å². The first-order valence-electron chi connectivity index (χ1n) is 8.83. The first-order valence-corrected chi connectivity index (χ1v) is 8.83. The van der Waals surface area contributed by atoms with Crippen LogP contribution in [0.5, 0.6) is 0 Å². The van der Waals surface area contributed by atoms with Gasteiger partial charge in [0, 0.05) is 31.6 Å². The molecule has 0 aromatic heterocycles. The molecule has 8 heteroatoms. The van der Waals surface area contributed by atoms with E-state index in [0.717, 1.165) is 38.5 Å². The summed E-state index contributed by atoms with van der Waals surface area (Å²) in [4.78, 5) is 24.5. The zero-order valence-electron chi connectivity index (χ0n) is 15.6. The molecule has 0 aromatic rings. The van der Waals surface area contributed by atoms with E-state index < -0.39 is 5.97 Å². The van der Waals surface area contributed by atoms with Crippen LogP contribution in [0.3, 0.4) is 0 Å². The first kappa shape index (κ1) is 29.2. The lowest BCUT2D eigenvalue weighted by molar-refractivity contribution is -0.141. The van der Waals surface area contributed by atoms with E-state index in [2.05, 4.69) is 0 Å². The molecule has 0 aromatic carbocycles. The van der Waals surface area contributed by atoms with Crippen LogP contribution in [-0.2, 0) is 9.59 Å². The number of carbonyl (C=O) groups excluding carboxylic acids is 1. The maximum atomic E-state index is 12.1. The summed E-state index contributed by atoms with van der Waals surface area (Å²) in [7, 11) is 0. The summed E-state index contributed by atoms with van der Waals surface area (Å²) in [5.74, 6) is -1.01. The van der Waals surface area contributed by atoms with Gasteiger partial charge in [0.2, 0.25) is 5.91 Å². The molecule has 0 radical (unpaired) electrons. The highest BCUT2D eigenvalue weighted by molar-refractivity contribution is 5.85. The second-order valence-electron chi connectivity index (χ2n) is 6.57. The smallest absolute Gasteiger partial charge is 0.303 e. The number of hydrogen-bond donors (Lipinski definition) is 3. The SMILES string of the molecule is CC(N)CCCCCCCN(CCC(C)N)C(=O)CCC(=O)O.Cl.Cl. The molecular weight excluding hydrogens is 365 g/mol. The van der Waals surface area contributed by atoms with Crippen LogP contribution in [0.1, 0.15) is 71.6 Å². The van der Waals surface area contributed by atoms with E-state index in [0.29, 0.717) is 13.1 Å². The maximum absolute atomic E-state index is 12.1. The minimum atomic E-state index is -0.931. The lowest BCUT2D eigenvalue weighted by Crippen LogP contribution is -2.35. The topological polar surface area (TPSA) is 110 Å². The second kappa shape index (κ2) is 18.2. The highest BCUT2D eigenvalue weighted by Crippen LogP contribution is 2.09. The Balaban J connectivity index is -0.00000242. The maximum Gasteiger partial charge on any atom is 0.303 e. The normalized spacial score (nSPS) is 12.5. The second-order valence-corrected chi connectivity index (χ2v) is 6.57. The molecule has 6 nitrogen and oxygen atoms in total. The van der Waals surface area contributed by atoms with Gasteiger partial charge < -0.3 is 21.5 Å². The monoisotopic (exact) mass is 401 g/mol. The van der Waals surface area contributed by atoms with Crippen molar-refractivity contribution in [3.8, 4) is 0 Å². The predicted molar refractivity (Wildman–Crippen MR) is 108 cm³/mol. The highest BCUT2D eigenvalue weighted by Gasteiger charge is 2.14. The number of carboxylic acids is 1. The summed E-state index contributed by atoms with van der Waals surface area (Å²) >= 11 is 0. The Morgan fingerprint density at radius 1 is 0.840 bits per heavy atom. The van der Waals surface area contributed by atoms with Crippen molar-refractivity contribution in [2.24, 2.45) is 11.5 Å². The van der Waals surface area contributed by atoms with Crippen LogP contribution in [0.25, 0.3) is 0 Å². The van der Waals surface area contributed by atoms with Gasteiger partial charge in [-0.15, -0.1) is 24.8 Å². The zero-order valence-corrected chi connectivity index (χ0v) is 17.2. The van der Waals surface area contributed by atoms with E-state index in [-0.39, 0.29) is 55.6 Å². The Hall–Kier alpha value is -0.560. The summed E-state index contributed by atoms with van der Waals surface area (Å²) in [6.45, 7) is 5.25. The lowest BCUT2D eigenvalue weighted by Gasteiger charge is -2.23. The number of nitrogens with two attached hydrogens (primary N) is 2. The number of carbonyl (C=O) groups is 2. The van der Waals surface area contributed by atoms with Gasteiger partial charge in [0.1, 0.15) is 0 Å². The molecule has 25 heavy (non-hydrogen) atoms. The van der Waals surface area contributed by atoms with Crippen molar-refractivity contribution < 1.29 is 14.7 Å². The molecule has 0 aliphatic heterocycles. The third kappa shape index (κ3) is 19.6. The third-order valence-corrected chi connectivity index (χ3v) is 3.85. The summed E-state index contributed by atoms with van der Waals surface area (Å²) in [5.41, 5.74) is 11.5. The molecular formula is C17H37Cl2N3O3. The minimum Gasteiger partial charge on any atom is -0.481 e. The Morgan fingerprint density at radius 2 is 1.36 bits per heavy atom. The molecule has 0 saturated carbocycles. The van der Waals surface area contributed by atoms with Gasteiger partial charge in [0.15, 0.2) is 0 Å². The molecule has 2 unspecified atom stereocenters. The molecule has 0 rings (SSSR count). The van der Waals surface area contributed by atoms with Gasteiger partial charge in [0.25, 0.3) is 0 Å². The lowest BCUT2D eigenvalue weighted by atomic mass is 10.1. The molecule has 0 fully saturated rings.